The summed E-state index contributed by atoms with van der Waals surface area (Å²) >= 11 is 0. The van der Waals surface area contributed by atoms with Gasteiger partial charge in [0.2, 0.25) is 0 Å². The van der Waals surface area contributed by atoms with Crippen molar-refractivity contribution in [3.05, 3.63) is 54.6 Å². The quantitative estimate of drug-likeness (QED) is 0.772. The molecule has 0 aliphatic rings. The first-order chi connectivity index (χ1) is 10.5. The lowest BCUT2D eigenvalue weighted by molar-refractivity contribution is 0.355. The predicted molar refractivity (Wildman–Crippen MR) is 88.6 cm³/mol. The zero-order valence-corrected chi connectivity index (χ0v) is 13.2. The first kappa shape index (κ1) is 14.4. The van der Waals surface area contributed by atoms with Crippen molar-refractivity contribution in [3.8, 4) is 11.1 Å². The maximum Gasteiger partial charge on any atom is 0.0565 e. The minimum absolute atomic E-state index is 0.0183. The number of aromatic nitrogens is 4. The monoisotopic (exact) mass is 295 g/mol. The van der Waals surface area contributed by atoms with Crippen LogP contribution in [0.25, 0.3) is 11.1 Å². The second-order valence-corrected chi connectivity index (χ2v) is 6.38. The van der Waals surface area contributed by atoms with Crippen LogP contribution in [-0.2, 0) is 12.1 Å². The van der Waals surface area contributed by atoms with Crippen molar-refractivity contribution in [2.45, 2.75) is 32.9 Å². The molecule has 5 heteroatoms. The third kappa shape index (κ3) is 3.19. The molecule has 2 heterocycles. The number of anilines is 1. The molecule has 1 aromatic carbocycles. The first-order valence-corrected chi connectivity index (χ1v) is 7.39. The topological polar surface area (TPSA) is 58.5 Å². The fourth-order valence-electron chi connectivity index (χ4n) is 2.21. The summed E-state index contributed by atoms with van der Waals surface area (Å²) in [5.41, 5.74) is 4.53. The van der Waals surface area contributed by atoms with Crippen LogP contribution in [0.4, 0.5) is 5.69 Å². The summed E-state index contributed by atoms with van der Waals surface area (Å²) < 4.78 is 1.99. The summed E-state index contributed by atoms with van der Waals surface area (Å²) in [6, 6.07) is 8.34. The Morgan fingerprint density at radius 1 is 1.09 bits per heavy atom. The molecule has 2 aromatic heterocycles. The molecule has 0 aliphatic heterocycles. The van der Waals surface area contributed by atoms with E-state index in [1.54, 1.807) is 0 Å². The molecule has 5 nitrogen and oxygen atoms in total. The molecule has 0 unspecified atom stereocenters. The molecular weight excluding hydrogens is 274 g/mol. The third-order valence-corrected chi connectivity index (χ3v) is 3.54. The van der Waals surface area contributed by atoms with Gasteiger partial charge in [-0.2, -0.15) is 10.2 Å². The minimum atomic E-state index is 0.0183. The Morgan fingerprint density at radius 3 is 2.45 bits per heavy atom. The smallest absolute Gasteiger partial charge is 0.0565 e. The summed E-state index contributed by atoms with van der Waals surface area (Å²) in [7, 11) is 0. The molecule has 0 bridgehead atoms. The highest BCUT2D eigenvalue weighted by Crippen LogP contribution is 2.20. The van der Waals surface area contributed by atoms with Crippen LogP contribution < -0.4 is 5.32 Å². The van der Waals surface area contributed by atoms with Gasteiger partial charge in [0.1, 0.15) is 0 Å². The van der Waals surface area contributed by atoms with Crippen molar-refractivity contribution in [3.63, 3.8) is 0 Å². The van der Waals surface area contributed by atoms with E-state index in [4.69, 9.17) is 0 Å². The van der Waals surface area contributed by atoms with Gasteiger partial charge in [-0.15, -0.1) is 0 Å². The van der Waals surface area contributed by atoms with Crippen LogP contribution in [-0.4, -0.2) is 20.0 Å². The maximum absolute atomic E-state index is 4.41. The Labute approximate surface area is 130 Å². The second kappa shape index (κ2) is 5.67. The average Bonchev–Trinajstić information content (AvgIpc) is 3.16. The van der Waals surface area contributed by atoms with Crippen LogP contribution in [0.15, 0.2) is 49.1 Å². The number of benzene rings is 1. The molecule has 3 aromatic rings. The largest absolute Gasteiger partial charge is 0.381 e. The summed E-state index contributed by atoms with van der Waals surface area (Å²) in [6.07, 6.45) is 7.72. The minimum Gasteiger partial charge on any atom is -0.381 e. The number of rotatable bonds is 4. The second-order valence-electron chi connectivity index (χ2n) is 6.38. The number of hydrogen-bond acceptors (Lipinski definition) is 3. The highest BCUT2D eigenvalue weighted by molar-refractivity contribution is 5.64. The zero-order chi connectivity index (χ0) is 15.6. The summed E-state index contributed by atoms with van der Waals surface area (Å²) in [4.78, 5) is 0. The van der Waals surface area contributed by atoms with Gasteiger partial charge >= 0.3 is 0 Å². The molecule has 3 rings (SSSR count). The van der Waals surface area contributed by atoms with Crippen LogP contribution in [0.5, 0.6) is 0 Å². The Bertz CT molecular complexity index is 717. The highest BCUT2D eigenvalue weighted by Gasteiger charge is 2.13. The fourth-order valence-corrected chi connectivity index (χ4v) is 2.21. The van der Waals surface area contributed by atoms with Crippen molar-refractivity contribution < 1.29 is 0 Å². The van der Waals surface area contributed by atoms with Gasteiger partial charge in [0.15, 0.2) is 0 Å². The first-order valence-electron chi connectivity index (χ1n) is 7.39. The Balaban J connectivity index is 1.63. The van der Waals surface area contributed by atoms with Gasteiger partial charge in [-0.25, -0.2) is 0 Å². The lowest BCUT2D eigenvalue weighted by atomic mass is 10.1. The average molecular weight is 295 g/mol. The van der Waals surface area contributed by atoms with E-state index in [0.29, 0.717) is 0 Å². The van der Waals surface area contributed by atoms with Gasteiger partial charge in [-0.3, -0.25) is 9.78 Å². The zero-order valence-electron chi connectivity index (χ0n) is 13.2. The van der Waals surface area contributed by atoms with E-state index < -0.39 is 0 Å². The fraction of sp³-hybridized carbons (Fsp3) is 0.294. The molecule has 0 fully saturated rings. The molecule has 0 atom stereocenters. The molecule has 0 radical (unpaired) electrons. The number of hydrogen-bond donors (Lipinski definition) is 2. The lowest BCUT2D eigenvalue weighted by Crippen LogP contribution is -2.21. The van der Waals surface area contributed by atoms with Gasteiger partial charge < -0.3 is 5.32 Å². The van der Waals surface area contributed by atoms with Crippen LogP contribution in [0.1, 0.15) is 26.3 Å². The molecule has 0 amide bonds. The van der Waals surface area contributed by atoms with Gasteiger partial charge in [0.05, 0.1) is 17.9 Å². The standard InChI is InChI=1S/C17H21N5/c1-17(2,3)22-12-13(9-21-22)8-18-16-6-4-14(5-7-16)15-10-19-20-11-15/h4-7,9-12,18H,8H2,1-3H3,(H,19,20). The van der Waals surface area contributed by atoms with E-state index in [1.165, 1.54) is 5.56 Å². The molecule has 114 valence electrons. The van der Waals surface area contributed by atoms with Gasteiger partial charge in [0.25, 0.3) is 0 Å². The molecule has 0 aliphatic carbocycles. The van der Waals surface area contributed by atoms with E-state index in [2.05, 4.69) is 71.8 Å². The molecule has 2 N–H and O–H groups in total. The van der Waals surface area contributed by atoms with Crippen molar-refractivity contribution in [1.82, 2.24) is 20.0 Å². The van der Waals surface area contributed by atoms with Gasteiger partial charge in [-0.1, -0.05) is 12.1 Å². The van der Waals surface area contributed by atoms with Crippen molar-refractivity contribution in [2.75, 3.05) is 5.32 Å². The lowest BCUT2D eigenvalue weighted by Gasteiger charge is -2.18. The summed E-state index contributed by atoms with van der Waals surface area (Å²) in [5.74, 6) is 0. The van der Waals surface area contributed by atoms with Gasteiger partial charge in [0, 0.05) is 35.8 Å². The van der Waals surface area contributed by atoms with Crippen LogP contribution >= 0.6 is 0 Å². The van der Waals surface area contributed by atoms with E-state index in [0.717, 1.165) is 23.4 Å². The van der Waals surface area contributed by atoms with E-state index in [9.17, 15) is 0 Å². The molecular formula is C17H21N5. The Morgan fingerprint density at radius 2 is 1.86 bits per heavy atom. The van der Waals surface area contributed by atoms with Crippen molar-refractivity contribution in [2.24, 2.45) is 0 Å². The van der Waals surface area contributed by atoms with E-state index in [1.807, 2.05) is 23.3 Å². The van der Waals surface area contributed by atoms with Crippen LogP contribution in [0.3, 0.4) is 0 Å². The van der Waals surface area contributed by atoms with Crippen molar-refractivity contribution in [1.29, 1.82) is 0 Å². The molecule has 22 heavy (non-hydrogen) atoms. The Kier molecular flexibility index (Phi) is 3.71. The SMILES string of the molecule is CC(C)(C)n1cc(CNc2ccc(-c3cn[nH]c3)cc2)cn1. The number of H-pyrrole nitrogens is 1. The van der Waals surface area contributed by atoms with E-state index in [-0.39, 0.29) is 5.54 Å². The Hall–Kier alpha value is -2.56. The predicted octanol–water partition coefficient (Wildman–Crippen LogP) is 3.64. The van der Waals surface area contributed by atoms with Crippen molar-refractivity contribution >= 4 is 5.69 Å². The third-order valence-electron chi connectivity index (χ3n) is 3.54. The van der Waals surface area contributed by atoms with Crippen LogP contribution in [0, 0.1) is 0 Å². The van der Waals surface area contributed by atoms with E-state index >= 15 is 0 Å². The summed E-state index contributed by atoms with van der Waals surface area (Å²) in [6.45, 7) is 7.20. The maximum atomic E-state index is 4.41. The highest BCUT2D eigenvalue weighted by atomic mass is 15.3. The number of aromatic amines is 1. The molecule has 0 saturated carbocycles. The van der Waals surface area contributed by atoms with Crippen LogP contribution in [0.2, 0.25) is 0 Å². The van der Waals surface area contributed by atoms with Gasteiger partial charge in [-0.05, 0) is 38.5 Å². The molecule has 0 spiro atoms. The summed E-state index contributed by atoms with van der Waals surface area (Å²) in [5, 5.41) is 14.6. The number of nitrogens with one attached hydrogen (secondary N) is 2. The molecule has 0 saturated heterocycles. The number of nitrogens with zero attached hydrogens (tertiary/aromatic N) is 3. The normalized spacial score (nSPS) is 11.6.